The van der Waals surface area contributed by atoms with Gasteiger partial charge in [0.1, 0.15) is 5.76 Å². The molecule has 106 valence electrons. The van der Waals surface area contributed by atoms with Crippen molar-refractivity contribution in [2.24, 2.45) is 0 Å². The maximum Gasteiger partial charge on any atom is 0.277 e. The number of nitrogens with zero attached hydrogens (tertiary/aromatic N) is 3. The molecule has 2 heterocycles. The van der Waals surface area contributed by atoms with E-state index in [1.54, 1.807) is 36.0 Å². The summed E-state index contributed by atoms with van der Waals surface area (Å²) in [5.41, 5.74) is 7.44. The van der Waals surface area contributed by atoms with E-state index >= 15 is 0 Å². The summed E-state index contributed by atoms with van der Waals surface area (Å²) in [6.45, 7) is 1.75. The number of aryl methyl sites for hydroxylation is 1. The van der Waals surface area contributed by atoms with Crippen LogP contribution in [0.3, 0.4) is 0 Å². The molecule has 0 spiro atoms. The van der Waals surface area contributed by atoms with Crippen molar-refractivity contribution in [3.8, 4) is 5.69 Å². The predicted molar refractivity (Wildman–Crippen MR) is 77.2 cm³/mol. The highest BCUT2D eigenvalue weighted by Crippen LogP contribution is 2.16. The minimum absolute atomic E-state index is 0.263. The fraction of sp³-hybridized carbons (Fsp3) is 0.0714. The van der Waals surface area contributed by atoms with Gasteiger partial charge in [0.15, 0.2) is 11.5 Å². The highest BCUT2D eigenvalue weighted by molar-refractivity contribution is 6.02. The molecule has 7 nitrogen and oxygen atoms in total. The monoisotopic (exact) mass is 283 g/mol. The number of nitrogens with two attached hydrogens (primary N) is 1. The third kappa shape index (κ3) is 2.62. The van der Waals surface area contributed by atoms with Gasteiger partial charge in [-0.05, 0) is 25.1 Å². The molecule has 0 aliphatic rings. The van der Waals surface area contributed by atoms with Crippen LogP contribution >= 0.6 is 0 Å². The van der Waals surface area contributed by atoms with Crippen molar-refractivity contribution in [3.63, 3.8) is 0 Å². The van der Waals surface area contributed by atoms with Crippen LogP contribution in [0.5, 0.6) is 0 Å². The maximum absolute atomic E-state index is 12.1. The fourth-order valence-electron chi connectivity index (χ4n) is 1.88. The van der Waals surface area contributed by atoms with Crippen LogP contribution in [0.25, 0.3) is 5.69 Å². The molecule has 0 bridgehead atoms. The van der Waals surface area contributed by atoms with Gasteiger partial charge in [-0.1, -0.05) is 17.3 Å². The molecule has 1 amide bonds. The Bertz CT molecular complexity index is 790. The second-order valence-corrected chi connectivity index (χ2v) is 4.48. The lowest BCUT2D eigenvalue weighted by Crippen LogP contribution is -2.13. The Morgan fingerprint density at radius 2 is 2.14 bits per heavy atom. The molecule has 0 unspecified atom stereocenters. The standard InChI is InChI=1S/C14H13N5O2/c1-9-8-13(18-21-9)16-14(20)11-6-7-19(17-11)12-5-3-2-4-10(12)15/h2-8H,15H2,1H3,(H,16,18,20). The lowest BCUT2D eigenvalue weighted by Gasteiger charge is -2.04. The Morgan fingerprint density at radius 3 is 2.86 bits per heavy atom. The molecule has 21 heavy (non-hydrogen) atoms. The summed E-state index contributed by atoms with van der Waals surface area (Å²) >= 11 is 0. The molecule has 3 rings (SSSR count). The first-order valence-electron chi connectivity index (χ1n) is 6.29. The molecule has 0 aliphatic heterocycles. The number of nitrogen functional groups attached to an aromatic ring is 1. The quantitative estimate of drug-likeness (QED) is 0.716. The van der Waals surface area contributed by atoms with Crippen LogP contribution in [-0.4, -0.2) is 20.8 Å². The van der Waals surface area contributed by atoms with E-state index in [1.807, 2.05) is 18.2 Å². The number of aromatic nitrogens is 3. The van der Waals surface area contributed by atoms with E-state index in [-0.39, 0.29) is 11.6 Å². The number of hydrogen-bond acceptors (Lipinski definition) is 5. The summed E-state index contributed by atoms with van der Waals surface area (Å²) in [5.74, 6) is 0.607. The van der Waals surface area contributed by atoms with Gasteiger partial charge in [-0.25, -0.2) is 4.68 Å². The number of para-hydroxylation sites is 2. The zero-order valence-corrected chi connectivity index (χ0v) is 11.3. The number of rotatable bonds is 3. The Balaban J connectivity index is 1.82. The van der Waals surface area contributed by atoms with Gasteiger partial charge >= 0.3 is 0 Å². The van der Waals surface area contributed by atoms with Crippen LogP contribution < -0.4 is 11.1 Å². The van der Waals surface area contributed by atoms with Crippen LogP contribution in [-0.2, 0) is 0 Å². The van der Waals surface area contributed by atoms with Crippen molar-refractivity contribution < 1.29 is 9.32 Å². The number of carbonyl (C=O) groups is 1. The van der Waals surface area contributed by atoms with E-state index in [2.05, 4.69) is 15.6 Å². The van der Waals surface area contributed by atoms with Gasteiger partial charge in [0, 0.05) is 12.3 Å². The summed E-state index contributed by atoms with van der Waals surface area (Å²) in [5, 5.41) is 10.5. The normalized spacial score (nSPS) is 10.5. The topological polar surface area (TPSA) is 99.0 Å². The Labute approximate surface area is 120 Å². The Hall–Kier alpha value is -3.09. The second kappa shape index (κ2) is 5.12. The second-order valence-electron chi connectivity index (χ2n) is 4.48. The lowest BCUT2D eigenvalue weighted by atomic mass is 10.3. The van der Waals surface area contributed by atoms with Crippen molar-refractivity contribution in [2.75, 3.05) is 11.1 Å². The van der Waals surface area contributed by atoms with Gasteiger partial charge in [-0.2, -0.15) is 5.10 Å². The minimum Gasteiger partial charge on any atom is -0.397 e. The first-order chi connectivity index (χ1) is 10.1. The molecule has 1 aromatic carbocycles. The summed E-state index contributed by atoms with van der Waals surface area (Å²) in [6, 6.07) is 10.5. The Morgan fingerprint density at radius 1 is 1.33 bits per heavy atom. The molecular formula is C14H13N5O2. The summed E-state index contributed by atoms with van der Waals surface area (Å²) in [6.07, 6.45) is 1.68. The minimum atomic E-state index is -0.364. The predicted octanol–water partition coefficient (Wildman–Crippen LogP) is 2.00. The number of carbonyl (C=O) groups excluding carboxylic acids is 1. The molecule has 0 aliphatic carbocycles. The van der Waals surface area contributed by atoms with Crippen molar-refractivity contribution in [3.05, 3.63) is 54.0 Å². The number of anilines is 2. The Kier molecular flexibility index (Phi) is 3.15. The number of hydrogen-bond donors (Lipinski definition) is 2. The zero-order valence-electron chi connectivity index (χ0n) is 11.3. The summed E-state index contributed by atoms with van der Waals surface area (Å²) < 4.78 is 6.44. The molecule has 0 radical (unpaired) electrons. The maximum atomic E-state index is 12.1. The van der Waals surface area contributed by atoms with Gasteiger partial charge < -0.3 is 15.6 Å². The number of benzene rings is 1. The van der Waals surface area contributed by atoms with Gasteiger partial charge in [0.2, 0.25) is 0 Å². The average Bonchev–Trinajstić information content (AvgIpc) is 3.09. The molecular weight excluding hydrogens is 270 g/mol. The van der Waals surface area contributed by atoms with Crippen LogP contribution in [0.15, 0.2) is 47.1 Å². The van der Waals surface area contributed by atoms with E-state index in [9.17, 15) is 4.79 Å². The van der Waals surface area contributed by atoms with Crippen LogP contribution in [0.1, 0.15) is 16.2 Å². The van der Waals surface area contributed by atoms with Crippen molar-refractivity contribution in [1.82, 2.24) is 14.9 Å². The molecule has 0 atom stereocenters. The van der Waals surface area contributed by atoms with Crippen molar-refractivity contribution in [2.45, 2.75) is 6.92 Å². The van der Waals surface area contributed by atoms with E-state index < -0.39 is 0 Å². The zero-order chi connectivity index (χ0) is 14.8. The van der Waals surface area contributed by atoms with E-state index in [0.717, 1.165) is 0 Å². The van der Waals surface area contributed by atoms with Crippen LogP contribution in [0.2, 0.25) is 0 Å². The first-order valence-corrected chi connectivity index (χ1v) is 6.29. The lowest BCUT2D eigenvalue weighted by molar-refractivity contribution is 0.102. The molecule has 2 aromatic heterocycles. The first kappa shape index (κ1) is 12.9. The van der Waals surface area contributed by atoms with Crippen LogP contribution in [0.4, 0.5) is 11.5 Å². The highest BCUT2D eigenvalue weighted by atomic mass is 16.5. The van der Waals surface area contributed by atoms with E-state index in [1.165, 1.54) is 0 Å². The van der Waals surface area contributed by atoms with Gasteiger partial charge in [-0.15, -0.1) is 0 Å². The SMILES string of the molecule is Cc1cc(NC(=O)c2ccn(-c3ccccc3N)n2)no1. The number of nitrogens with one attached hydrogen (secondary N) is 1. The summed E-state index contributed by atoms with van der Waals surface area (Å²) in [4.78, 5) is 12.1. The van der Waals surface area contributed by atoms with E-state index in [4.69, 9.17) is 10.3 Å². The summed E-state index contributed by atoms with van der Waals surface area (Å²) in [7, 11) is 0. The third-order valence-electron chi connectivity index (χ3n) is 2.87. The molecule has 7 heteroatoms. The molecule has 3 N–H and O–H groups in total. The molecule has 0 saturated carbocycles. The van der Waals surface area contributed by atoms with E-state index in [0.29, 0.717) is 23.0 Å². The molecule has 0 saturated heterocycles. The van der Waals surface area contributed by atoms with Crippen LogP contribution in [0, 0.1) is 6.92 Å². The van der Waals surface area contributed by atoms with Crippen molar-refractivity contribution in [1.29, 1.82) is 0 Å². The highest BCUT2D eigenvalue weighted by Gasteiger charge is 2.13. The molecule has 0 fully saturated rings. The third-order valence-corrected chi connectivity index (χ3v) is 2.87. The van der Waals surface area contributed by atoms with Gasteiger partial charge in [0.05, 0.1) is 11.4 Å². The molecule has 3 aromatic rings. The largest absolute Gasteiger partial charge is 0.397 e. The van der Waals surface area contributed by atoms with Gasteiger partial charge in [-0.3, -0.25) is 4.79 Å². The fourth-order valence-corrected chi connectivity index (χ4v) is 1.88. The smallest absolute Gasteiger partial charge is 0.277 e. The average molecular weight is 283 g/mol. The van der Waals surface area contributed by atoms with Gasteiger partial charge in [0.25, 0.3) is 5.91 Å². The number of amides is 1. The van der Waals surface area contributed by atoms with Crippen molar-refractivity contribution >= 4 is 17.4 Å².